The maximum atomic E-state index is 12.9. The average molecular weight is 386 g/mol. The highest BCUT2D eigenvalue weighted by Crippen LogP contribution is 2.20. The second-order valence-corrected chi connectivity index (χ2v) is 7.09. The number of aromatic nitrogens is 2. The number of hydrogen-bond donors (Lipinski definition) is 2. The maximum absolute atomic E-state index is 12.9. The van der Waals surface area contributed by atoms with Crippen molar-refractivity contribution in [1.82, 2.24) is 19.8 Å². The Balaban J connectivity index is 1.76. The van der Waals surface area contributed by atoms with E-state index in [2.05, 4.69) is 10.3 Å². The molecule has 0 spiro atoms. The molecule has 2 amide bonds. The first-order chi connectivity index (χ1) is 13.5. The smallest absolute Gasteiger partial charge is 0.316 e. The third-order valence-corrected chi connectivity index (χ3v) is 5.24. The number of aryl methyl sites for hydroxylation is 1. The van der Waals surface area contributed by atoms with Crippen LogP contribution in [0.1, 0.15) is 43.5 Å². The molecule has 2 aromatic rings. The lowest BCUT2D eigenvalue weighted by molar-refractivity contribution is -0.126. The highest BCUT2D eigenvalue weighted by atomic mass is 16.2. The van der Waals surface area contributed by atoms with Crippen LogP contribution in [0.5, 0.6) is 0 Å². The number of aromatic amines is 1. The fraction of sp³-hybridized carbons (Fsp3) is 0.500. The minimum atomic E-state index is -0.696. The molecule has 2 N–H and O–H groups in total. The lowest BCUT2D eigenvalue weighted by Crippen LogP contribution is -2.43. The van der Waals surface area contributed by atoms with Gasteiger partial charge in [-0.25, -0.2) is 0 Å². The van der Waals surface area contributed by atoms with Gasteiger partial charge < -0.3 is 19.8 Å². The molecule has 0 aliphatic carbocycles. The molecule has 0 unspecified atom stereocenters. The van der Waals surface area contributed by atoms with Crippen molar-refractivity contribution in [2.75, 3.05) is 19.6 Å². The molecule has 2 heterocycles. The van der Waals surface area contributed by atoms with Gasteiger partial charge in [0, 0.05) is 37.7 Å². The molecule has 1 saturated heterocycles. The zero-order valence-electron chi connectivity index (χ0n) is 16.3. The summed E-state index contributed by atoms with van der Waals surface area (Å²) in [4.78, 5) is 53.0. The van der Waals surface area contributed by atoms with E-state index in [1.165, 1.54) is 4.57 Å². The summed E-state index contributed by atoms with van der Waals surface area (Å²) in [5, 5.41) is 2.91. The highest BCUT2D eigenvalue weighted by molar-refractivity contribution is 5.97. The zero-order chi connectivity index (χ0) is 20.3. The van der Waals surface area contributed by atoms with Crippen molar-refractivity contribution in [2.45, 2.75) is 39.7 Å². The number of piperidine rings is 1. The van der Waals surface area contributed by atoms with Crippen LogP contribution in [0.25, 0.3) is 11.0 Å². The number of likely N-dealkylation sites (tertiary alicyclic amines) is 1. The van der Waals surface area contributed by atoms with E-state index >= 15 is 0 Å². The Morgan fingerprint density at radius 2 is 1.89 bits per heavy atom. The van der Waals surface area contributed by atoms with Gasteiger partial charge in [-0.3, -0.25) is 19.2 Å². The number of fused-ring (bicyclic) bond motifs is 1. The number of nitrogens with one attached hydrogen (secondary N) is 2. The van der Waals surface area contributed by atoms with E-state index in [0.717, 1.165) is 6.42 Å². The molecule has 0 bridgehead atoms. The number of H-pyrrole nitrogens is 1. The number of rotatable bonds is 5. The van der Waals surface area contributed by atoms with Gasteiger partial charge in [0.15, 0.2) is 0 Å². The van der Waals surface area contributed by atoms with Crippen LogP contribution in [0.3, 0.4) is 0 Å². The molecular formula is C20H26N4O4. The van der Waals surface area contributed by atoms with E-state index in [4.69, 9.17) is 0 Å². The lowest BCUT2D eigenvalue weighted by Gasteiger charge is -2.31. The fourth-order valence-corrected chi connectivity index (χ4v) is 3.65. The Morgan fingerprint density at radius 3 is 2.54 bits per heavy atom. The van der Waals surface area contributed by atoms with Gasteiger partial charge in [0.1, 0.15) is 0 Å². The van der Waals surface area contributed by atoms with Crippen molar-refractivity contribution in [3.05, 3.63) is 44.5 Å². The normalized spacial score (nSPS) is 15.0. The molecule has 8 nitrogen and oxygen atoms in total. The summed E-state index contributed by atoms with van der Waals surface area (Å²) < 4.78 is 1.39. The molecule has 0 atom stereocenters. The number of hydrogen-bond acceptors (Lipinski definition) is 4. The third kappa shape index (κ3) is 3.85. The Labute approximate surface area is 162 Å². The van der Waals surface area contributed by atoms with Crippen LogP contribution in [0.15, 0.2) is 27.8 Å². The standard InChI is InChI=1S/C20H26N4O4/c1-3-9-21-17(25)13-7-10-23(11-8-13)19(27)14-5-6-16-15(12-14)22-18(26)20(28)24(16)4-2/h5-6,12-13H,3-4,7-11H2,1-2H3,(H,21,25)(H,22,26). The van der Waals surface area contributed by atoms with E-state index in [1.807, 2.05) is 6.92 Å². The summed E-state index contributed by atoms with van der Waals surface area (Å²) in [6, 6.07) is 4.98. The number of benzene rings is 1. The van der Waals surface area contributed by atoms with Crippen LogP contribution < -0.4 is 16.4 Å². The van der Waals surface area contributed by atoms with Gasteiger partial charge >= 0.3 is 11.1 Å². The predicted molar refractivity (Wildman–Crippen MR) is 106 cm³/mol. The molecular weight excluding hydrogens is 360 g/mol. The first-order valence-corrected chi connectivity index (χ1v) is 9.80. The largest absolute Gasteiger partial charge is 0.356 e. The first-order valence-electron chi connectivity index (χ1n) is 9.80. The molecule has 28 heavy (non-hydrogen) atoms. The first kappa shape index (κ1) is 19.9. The van der Waals surface area contributed by atoms with E-state index in [-0.39, 0.29) is 17.7 Å². The van der Waals surface area contributed by atoms with Gasteiger partial charge in [-0.15, -0.1) is 0 Å². The van der Waals surface area contributed by atoms with Crippen LogP contribution in [-0.2, 0) is 11.3 Å². The summed E-state index contributed by atoms with van der Waals surface area (Å²) >= 11 is 0. The summed E-state index contributed by atoms with van der Waals surface area (Å²) in [6.07, 6.45) is 2.18. The van der Waals surface area contributed by atoms with Gasteiger partial charge in [-0.1, -0.05) is 6.92 Å². The van der Waals surface area contributed by atoms with Crippen molar-refractivity contribution in [3.8, 4) is 0 Å². The second-order valence-electron chi connectivity index (χ2n) is 7.09. The Bertz CT molecular complexity index is 999. The number of nitrogens with zero attached hydrogens (tertiary/aromatic N) is 2. The van der Waals surface area contributed by atoms with E-state index in [0.29, 0.717) is 55.6 Å². The van der Waals surface area contributed by atoms with Crippen molar-refractivity contribution in [1.29, 1.82) is 0 Å². The molecule has 1 aliphatic rings. The number of carbonyl (C=O) groups excluding carboxylic acids is 2. The molecule has 1 aliphatic heterocycles. The van der Waals surface area contributed by atoms with Gasteiger partial charge in [0.2, 0.25) is 5.91 Å². The van der Waals surface area contributed by atoms with Crippen LogP contribution in [0.4, 0.5) is 0 Å². The number of carbonyl (C=O) groups is 2. The minimum absolute atomic E-state index is 0.0532. The minimum Gasteiger partial charge on any atom is -0.356 e. The van der Waals surface area contributed by atoms with Gasteiger partial charge in [-0.05, 0) is 44.4 Å². The van der Waals surface area contributed by atoms with Crippen molar-refractivity contribution in [3.63, 3.8) is 0 Å². The van der Waals surface area contributed by atoms with E-state index < -0.39 is 11.1 Å². The average Bonchev–Trinajstić information content (AvgIpc) is 2.72. The number of amides is 2. The Kier molecular flexibility index (Phi) is 5.96. The van der Waals surface area contributed by atoms with Crippen molar-refractivity contribution in [2.24, 2.45) is 5.92 Å². The molecule has 8 heteroatoms. The Hall–Kier alpha value is -2.90. The summed E-state index contributed by atoms with van der Waals surface area (Å²) in [5.74, 6) is -0.123. The van der Waals surface area contributed by atoms with E-state index in [9.17, 15) is 19.2 Å². The fourth-order valence-electron chi connectivity index (χ4n) is 3.65. The molecule has 1 fully saturated rings. The predicted octanol–water partition coefficient (Wildman–Crippen LogP) is 1.09. The van der Waals surface area contributed by atoms with Crippen LogP contribution in [-0.4, -0.2) is 45.9 Å². The molecule has 0 radical (unpaired) electrons. The summed E-state index contributed by atoms with van der Waals surface area (Å²) in [6.45, 7) is 5.90. The summed E-state index contributed by atoms with van der Waals surface area (Å²) in [7, 11) is 0. The zero-order valence-corrected chi connectivity index (χ0v) is 16.3. The van der Waals surface area contributed by atoms with Crippen LogP contribution >= 0.6 is 0 Å². The van der Waals surface area contributed by atoms with Crippen molar-refractivity contribution >= 4 is 22.8 Å². The molecule has 150 valence electrons. The van der Waals surface area contributed by atoms with Crippen LogP contribution in [0.2, 0.25) is 0 Å². The second kappa shape index (κ2) is 8.41. The maximum Gasteiger partial charge on any atom is 0.316 e. The highest BCUT2D eigenvalue weighted by Gasteiger charge is 2.27. The summed E-state index contributed by atoms with van der Waals surface area (Å²) in [5.41, 5.74) is 0.217. The SMILES string of the molecule is CCCNC(=O)C1CCN(C(=O)c2ccc3c(c2)[nH]c(=O)c(=O)n3CC)CC1. The van der Waals surface area contributed by atoms with Gasteiger partial charge in [0.25, 0.3) is 5.91 Å². The van der Waals surface area contributed by atoms with Crippen molar-refractivity contribution < 1.29 is 9.59 Å². The molecule has 1 aromatic heterocycles. The monoisotopic (exact) mass is 386 g/mol. The Morgan fingerprint density at radius 1 is 1.18 bits per heavy atom. The quantitative estimate of drug-likeness (QED) is 0.751. The molecule has 0 saturated carbocycles. The molecule has 1 aromatic carbocycles. The third-order valence-electron chi connectivity index (χ3n) is 5.24. The topological polar surface area (TPSA) is 104 Å². The van der Waals surface area contributed by atoms with E-state index in [1.54, 1.807) is 30.0 Å². The lowest BCUT2D eigenvalue weighted by atomic mass is 9.95. The molecule has 3 rings (SSSR count). The van der Waals surface area contributed by atoms with Gasteiger partial charge in [-0.2, -0.15) is 0 Å². The van der Waals surface area contributed by atoms with Crippen LogP contribution in [0, 0.1) is 5.92 Å². The van der Waals surface area contributed by atoms with Gasteiger partial charge in [0.05, 0.1) is 11.0 Å².